The van der Waals surface area contributed by atoms with Crippen molar-refractivity contribution in [3.8, 4) is 12.3 Å². The second kappa shape index (κ2) is 5.46. The minimum Gasteiger partial charge on any atom is -0.477 e. The van der Waals surface area contributed by atoms with Crippen LogP contribution in [0.25, 0.3) is 0 Å². The van der Waals surface area contributed by atoms with Gasteiger partial charge in [-0.25, -0.2) is 9.78 Å². The molecule has 1 heterocycles. The van der Waals surface area contributed by atoms with Crippen molar-refractivity contribution in [3.63, 3.8) is 0 Å². The SMILES string of the molecule is C#CCCNc1nc(C(=O)O)ccc1[N+](=O)[O-]. The molecule has 17 heavy (non-hydrogen) atoms. The number of anilines is 1. The molecule has 1 aromatic rings. The number of terminal acetylenes is 1. The Morgan fingerprint density at radius 1 is 1.65 bits per heavy atom. The zero-order valence-corrected chi connectivity index (χ0v) is 8.71. The Kier molecular flexibility index (Phi) is 4.00. The zero-order valence-electron chi connectivity index (χ0n) is 8.71. The zero-order chi connectivity index (χ0) is 12.8. The van der Waals surface area contributed by atoms with Gasteiger partial charge in [-0.1, -0.05) is 0 Å². The standard InChI is InChI=1S/C10H9N3O4/c1-2-3-6-11-9-8(13(16)17)5-4-7(12-9)10(14)15/h1,4-5H,3,6H2,(H,11,12)(H,14,15). The van der Waals surface area contributed by atoms with Gasteiger partial charge in [0.25, 0.3) is 0 Å². The number of hydrogen-bond acceptors (Lipinski definition) is 5. The lowest BCUT2D eigenvalue weighted by Crippen LogP contribution is -2.09. The summed E-state index contributed by atoms with van der Waals surface area (Å²) in [6.07, 6.45) is 5.39. The number of carboxylic acids is 1. The summed E-state index contributed by atoms with van der Waals surface area (Å²) < 4.78 is 0. The van der Waals surface area contributed by atoms with E-state index in [0.29, 0.717) is 6.42 Å². The van der Waals surface area contributed by atoms with E-state index in [9.17, 15) is 14.9 Å². The average Bonchev–Trinajstić information content (AvgIpc) is 2.28. The van der Waals surface area contributed by atoms with E-state index in [-0.39, 0.29) is 23.7 Å². The number of hydrogen-bond donors (Lipinski definition) is 2. The third-order valence-corrected chi connectivity index (χ3v) is 1.85. The van der Waals surface area contributed by atoms with E-state index < -0.39 is 10.9 Å². The van der Waals surface area contributed by atoms with Gasteiger partial charge < -0.3 is 10.4 Å². The number of aromatic nitrogens is 1. The fourth-order valence-corrected chi connectivity index (χ4v) is 1.10. The van der Waals surface area contributed by atoms with Crippen LogP contribution < -0.4 is 5.32 Å². The highest BCUT2D eigenvalue weighted by atomic mass is 16.6. The fourth-order valence-electron chi connectivity index (χ4n) is 1.10. The lowest BCUT2D eigenvalue weighted by atomic mass is 10.3. The second-order valence-electron chi connectivity index (χ2n) is 3.01. The largest absolute Gasteiger partial charge is 0.477 e. The lowest BCUT2D eigenvalue weighted by Gasteiger charge is -2.04. The fraction of sp³-hybridized carbons (Fsp3) is 0.200. The molecule has 2 N–H and O–H groups in total. The van der Waals surface area contributed by atoms with Gasteiger partial charge in [-0.15, -0.1) is 12.3 Å². The van der Waals surface area contributed by atoms with Gasteiger partial charge in [0.15, 0.2) is 5.69 Å². The molecule has 0 saturated carbocycles. The molecule has 0 spiro atoms. The van der Waals surface area contributed by atoms with Crippen molar-refractivity contribution in [1.82, 2.24) is 4.98 Å². The highest BCUT2D eigenvalue weighted by Gasteiger charge is 2.17. The Bertz CT molecular complexity index is 493. The number of nitrogens with one attached hydrogen (secondary N) is 1. The summed E-state index contributed by atoms with van der Waals surface area (Å²) in [6, 6.07) is 2.17. The highest BCUT2D eigenvalue weighted by molar-refractivity contribution is 5.86. The van der Waals surface area contributed by atoms with Crippen LogP contribution in [0, 0.1) is 22.5 Å². The summed E-state index contributed by atoms with van der Waals surface area (Å²) >= 11 is 0. The van der Waals surface area contributed by atoms with E-state index in [2.05, 4.69) is 16.2 Å². The molecule has 0 aromatic carbocycles. The Morgan fingerprint density at radius 3 is 2.88 bits per heavy atom. The first-order valence-corrected chi connectivity index (χ1v) is 4.62. The van der Waals surface area contributed by atoms with Crippen molar-refractivity contribution in [1.29, 1.82) is 0 Å². The number of nitro groups is 1. The van der Waals surface area contributed by atoms with Gasteiger partial charge in [0.2, 0.25) is 5.82 Å². The Balaban J connectivity index is 3.03. The van der Waals surface area contributed by atoms with E-state index in [1.54, 1.807) is 0 Å². The first kappa shape index (κ1) is 12.4. The third kappa shape index (κ3) is 3.17. The summed E-state index contributed by atoms with van der Waals surface area (Å²) in [5, 5.41) is 22.0. The highest BCUT2D eigenvalue weighted by Crippen LogP contribution is 2.21. The molecule has 0 radical (unpaired) electrons. The molecule has 0 aliphatic carbocycles. The molecule has 1 rings (SSSR count). The number of carboxylic acid groups (broad SMARTS) is 1. The summed E-state index contributed by atoms with van der Waals surface area (Å²) in [5.74, 6) is 1.01. The van der Waals surface area contributed by atoms with Crippen molar-refractivity contribution in [2.45, 2.75) is 6.42 Å². The van der Waals surface area contributed by atoms with Crippen LogP contribution >= 0.6 is 0 Å². The quantitative estimate of drug-likeness (QED) is 0.343. The van der Waals surface area contributed by atoms with E-state index in [4.69, 9.17) is 11.5 Å². The topological polar surface area (TPSA) is 105 Å². The first-order valence-electron chi connectivity index (χ1n) is 4.62. The number of rotatable bonds is 5. The smallest absolute Gasteiger partial charge is 0.354 e. The lowest BCUT2D eigenvalue weighted by molar-refractivity contribution is -0.384. The molecule has 0 aliphatic rings. The van der Waals surface area contributed by atoms with Crippen LogP contribution in [0.3, 0.4) is 0 Å². The molecule has 0 aliphatic heterocycles. The van der Waals surface area contributed by atoms with E-state index >= 15 is 0 Å². The summed E-state index contributed by atoms with van der Waals surface area (Å²) in [7, 11) is 0. The molecule has 0 bridgehead atoms. The molecule has 0 saturated heterocycles. The van der Waals surface area contributed by atoms with Crippen LogP contribution in [-0.4, -0.2) is 27.5 Å². The number of carbonyl (C=O) groups is 1. The Morgan fingerprint density at radius 2 is 2.35 bits per heavy atom. The van der Waals surface area contributed by atoms with Gasteiger partial charge in [-0.2, -0.15) is 0 Å². The maximum Gasteiger partial charge on any atom is 0.354 e. The molecule has 0 amide bonds. The normalized spacial score (nSPS) is 9.35. The van der Waals surface area contributed by atoms with Crippen LogP contribution in [0.2, 0.25) is 0 Å². The second-order valence-corrected chi connectivity index (χ2v) is 3.01. The van der Waals surface area contributed by atoms with Crippen LogP contribution in [0.15, 0.2) is 12.1 Å². The van der Waals surface area contributed by atoms with Crippen molar-refractivity contribution in [3.05, 3.63) is 27.9 Å². The molecule has 7 nitrogen and oxygen atoms in total. The maximum absolute atomic E-state index is 10.7. The van der Waals surface area contributed by atoms with E-state index in [1.807, 2.05) is 0 Å². The van der Waals surface area contributed by atoms with Gasteiger partial charge in [0.1, 0.15) is 0 Å². The van der Waals surface area contributed by atoms with Gasteiger partial charge in [0, 0.05) is 19.0 Å². The van der Waals surface area contributed by atoms with Crippen molar-refractivity contribution in [2.75, 3.05) is 11.9 Å². The van der Waals surface area contributed by atoms with Crippen LogP contribution in [0.4, 0.5) is 11.5 Å². The molecular weight excluding hydrogens is 226 g/mol. The Hall–Kier alpha value is -2.62. The van der Waals surface area contributed by atoms with Crippen molar-refractivity contribution in [2.24, 2.45) is 0 Å². The maximum atomic E-state index is 10.7. The summed E-state index contributed by atoms with van der Waals surface area (Å²) in [4.78, 5) is 24.3. The molecular formula is C10H9N3O4. The average molecular weight is 235 g/mol. The van der Waals surface area contributed by atoms with Gasteiger partial charge >= 0.3 is 11.7 Å². The number of aromatic carboxylic acids is 1. The van der Waals surface area contributed by atoms with Gasteiger partial charge in [0.05, 0.1) is 4.92 Å². The molecule has 1 aromatic heterocycles. The molecule has 88 valence electrons. The summed E-state index contributed by atoms with van der Waals surface area (Å²) in [6.45, 7) is 0.285. The van der Waals surface area contributed by atoms with Crippen LogP contribution in [0.1, 0.15) is 16.9 Å². The first-order chi connectivity index (χ1) is 8.06. The Labute approximate surface area is 96.6 Å². The monoisotopic (exact) mass is 235 g/mol. The van der Waals surface area contributed by atoms with Crippen LogP contribution in [0.5, 0.6) is 0 Å². The van der Waals surface area contributed by atoms with Crippen molar-refractivity contribution < 1.29 is 14.8 Å². The minimum atomic E-state index is -1.25. The molecule has 0 unspecified atom stereocenters. The third-order valence-electron chi connectivity index (χ3n) is 1.85. The number of pyridine rings is 1. The van der Waals surface area contributed by atoms with E-state index in [0.717, 1.165) is 12.1 Å². The van der Waals surface area contributed by atoms with Gasteiger partial charge in [-0.3, -0.25) is 10.1 Å². The predicted molar refractivity (Wildman–Crippen MR) is 59.8 cm³/mol. The van der Waals surface area contributed by atoms with Crippen molar-refractivity contribution >= 4 is 17.5 Å². The molecule has 0 atom stereocenters. The van der Waals surface area contributed by atoms with Gasteiger partial charge in [-0.05, 0) is 6.07 Å². The molecule has 7 heteroatoms. The predicted octanol–water partition coefficient (Wildman–Crippen LogP) is 1.12. The molecule has 0 fully saturated rings. The van der Waals surface area contributed by atoms with E-state index in [1.165, 1.54) is 0 Å². The summed E-state index contributed by atoms with van der Waals surface area (Å²) in [5.41, 5.74) is -0.550. The minimum absolute atomic E-state index is 0.0925. The van der Waals surface area contributed by atoms with Crippen LogP contribution in [-0.2, 0) is 0 Å². The number of nitrogens with zero attached hydrogens (tertiary/aromatic N) is 2.